The van der Waals surface area contributed by atoms with E-state index >= 15 is 0 Å². The molecule has 0 unspecified atom stereocenters. The first kappa shape index (κ1) is 31.5. The molecule has 0 aliphatic rings. The second kappa shape index (κ2) is 13.7. The summed E-state index contributed by atoms with van der Waals surface area (Å²) < 4.78 is 53.1. The number of pyridine rings is 1. The molecule has 5 aromatic rings. The van der Waals surface area contributed by atoms with E-state index < -0.39 is 26.0 Å². The number of anilines is 3. The predicted molar refractivity (Wildman–Crippen MR) is 165 cm³/mol. The zero-order chi connectivity index (χ0) is 31.7. The summed E-state index contributed by atoms with van der Waals surface area (Å²) >= 11 is 1.22. The number of azo groups is 1. The molecule has 44 heavy (non-hydrogen) atoms. The molecular formula is C27H23N7O7S3. The molecule has 0 aliphatic heterocycles. The van der Waals surface area contributed by atoms with Crippen molar-refractivity contribution < 1.29 is 31.8 Å². The molecular weight excluding hydrogens is 631 g/mol. The highest BCUT2D eigenvalue weighted by Gasteiger charge is 2.16. The molecule has 14 nitrogen and oxygen atoms in total. The Hall–Kier alpha value is -5.39. The van der Waals surface area contributed by atoms with Crippen LogP contribution in [0.2, 0.25) is 0 Å². The highest BCUT2D eigenvalue weighted by Crippen LogP contribution is 2.26. The van der Waals surface area contributed by atoms with Crippen LogP contribution < -0.4 is 15.2 Å². The van der Waals surface area contributed by atoms with Gasteiger partial charge in [-0.25, -0.2) is 31.6 Å². The first-order valence-electron chi connectivity index (χ1n) is 12.2. The van der Waals surface area contributed by atoms with Gasteiger partial charge >= 0.3 is 5.97 Å². The lowest BCUT2D eigenvalue weighted by molar-refractivity contribution is 0.0693. The number of phenols is 1. The number of nitrogen functional groups attached to an aromatic ring is 1. The third-order valence-electron chi connectivity index (χ3n) is 5.39. The number of carboxylic acids is 1. The minimum Gasteiger partial charge on any atom is -0.507 e. The molecule has 0 aliphatic carbocycles. The van der Waals surface area contributed by atoms with Crippen molar-refractivity contribution in [3.63, 3.8) is 0 Å². The number of nitrogens with two attached hydrogens (primary N) is 1. The van der Waals surface area contributed by atoms with Gasteiger partial charge in [-0.15, -0.1) is 11.3 Å². The maximum atomic E-state index is 12.3. The third kappa shape index (κ3) is 8.57. The van der Waals surface area contributed by atoms with Gasteiger partial charge in [0.15, 0.2) is 5.13 Å². The van der Waals surface area contributed by atoms with Gasteiger partial charge in [0.2, 0.25) is 0 Å². The van der Waals surface area contributed by atoms with Crippen molar-refractivity contribution in [2.75, 3.05) is 15.2 Å². The number of carboxylic acid groups (broad SMARTS) is 1. The fourth-order valence-corrected chi connectivity index (χ4v) is 6.08. The molecule has 0 fully saturated rings. The number of hydrogen-bond acceptors (Lipinski definition) is 12. The summed E-state index contributed by atoms with van der Waals surface area (Å²) in [6, 6.07) is 20.3. The Morgan fingerprint density at radius 1 is 0.773 bits per heavy atom. The van der Waals surface area contributed by atoms with Crippen molar-refractivity contribution in [1.29, 1.82) is 0 Å². The Morgan fingerprint density at radius 3 is 1.98 bits per heavy atom. The van der Waals surface area contributed by atoms with Gasteiger partial charge in [0.05, 0.1) is 21.2 Å². The molecule has 226 valence electrons. The lowest BCUT2D eigenvalue weighted by atomic mass is 10.2. The smallest absolute Gasteiger partial charge is 0.339 e. The van der Waals surface area contributed by atoms with Crippen molar-refractivity contribution in [3.05, 3.63) is 108 Å². The summed E-state index contributed by atoms with van der Waals surface area (Å²) in [5.74, 6) is -1.46. The highest BCUT2D eigenvalue weighted by molar-refractivity contribution is 7.93. The van der Waals surface area contributed by atoms with Crippen molar-refractivity contribution in [2.24, 2.45) is 10.2 Å². The van der Waals surface area contributed by atoms with Gasteiger partial charge in [-0.3, -0.25) is 9.44 Å². The van der Waals surface area contributed by atoms with Gasteiger partial charge in [0.1, 0.15) is 17.1 Å². The fourth-order valence-electron chi connectivity index (χ4n) is 3.28. The highest BCUT2D eigenvalue weighted by atomic mass is 32.2. The predicted octanol–water partition coefficient (Wildman–Crippen LogP) is 5.23. The number of benzene rings is 3. The Morgan fingerprint density at radius 2 is 1.39 bits per heavy atom. The van der Waals surface area contributed by atoms with Crippen LogP contribution in [-0.4, -0.2) is 43.0 Å². The molecule has 0 spiro atoms. The van der Waals surface area contributed by atoms with Crippen LogP contribution in [0.1, 0.15) is 10.4 Å². The average Bonchev–Trinajstić information content (AvgIpc) is 3.50. The van der Waals surface area contributed by atoms with Crippen LogP contribution in [0.25, 0.3) is 0 Å². The number of aromatic hydroxyl groups is 1. The fraction of sp³-hybridized carbons (Fsp3) is 0. The Bertz CT molecular complexity index is 1970. The number of nitrogens with one attached hydrogen (secondary N) is 2. The van der Waals surface area contributed by atoms with Gasteiger partial charge in [-0.2, -0.15) is 10.2 Å². The molecule has 0 bridgehead atoms. The average molecular weight is 654 g/mol. The molecule has 0 saturated heterocycles. The van der Waals surface area contributed by atoms with Gasteiger partial charge < -0.3 is 15.9 Å². The quantitative estimate of drug-likeness (QED) is 0.103. The van der Waals surface area contributed by atoms with E-state index in [0.29, 0.717) is 16.5 Å². The van der Waals surface area contributed by atoms with E-state index in [1.807, 2.05) is 0 Å². The zero-order valence-corrected chi connectivity index (χ0v) is 24.8. The molecule has 0 amide bonds. The molecule has 6 N–H and O–H groups in total. The monoisotopic (exact) mass is 653 g/mol. The number of rotatable bonds is 9. The Balaban J connectivity index is 0.000000233. The third-order valence-corrected chi connectivity index (χ3v) is 8.93. The summed E-state index contributed by atoms with van der Waals surface area (Å²) in [5, 5.41) is 28.3. The van der Waals surface area contributed by atoms with Crippen LogP contribution in [-0.2, 0) is 20.0 Å². The maximum absolute atomic E-state index is 12.3. The van der Waals surface area contributed by atoms with Gasteiger partial charge in [-0.1, -0.05) is 6.07 Å². The van der Waals surface area contributed by atoms with Gasteiger partial charge in [-0.05, 0) is 78.9 Å². The summed E-state index contributed by atoms with van der Waals surface area (Å²) in [5.41, 5.74) is 6.30. The van der Waals surface area contributed by atoms with Crippen molar-refractivity contribution in [2.45, 2.75) is 9.79 Å². The summed E-state index contributed by atoms with van der Waals surface area (Å²) in [6.45, 7) is 0. The standard InChI is InChI=1S/C18H14N4O5S.C9H9N3O2S2/c23-16-9-6-13(11-15(16)18(24)25)21-20-12-4-7-14(8-5-12)28(26,27)22-17-3-1-2-10-19-17;10-7-1-3-8(4-2-7)16(13,14)12-9-11-5-6-15-9/h1-11,23H,(H,19,22)(H,24,25);1-6H,10H2,(H,11,12)/b21-20+;. The first-order chi connectivity index (χ1) is 20.9. The van der Waals surface area contributed by atoms with Gasteiger partial charge in [0, 0.05) is 23.5 Å². The summed E-state index contributed by atoms with van der Waals surface area (Å²) in [7, 11) is -7.35. The van der Waals surface area contributed by atoms with Crippen LogP contribution in [0.15, 0.2) is 123 Å². The van der Waals surface area contributed by atoms with Crippen LogP contribution in [0, 0.1) is 0 Å². The number of thiazole rings is 1. The number of nitrogens with zero attached hydrogens (tertiary/aromatic N) is 4. The Labute approximate surface area is 255 Å². The van der Waals surface area contributed by atoms with E-state index in [1.54, 1.807) is 17.5 Å². The molecule has 0 radical (unpaired) electrons. The van der Waals surface area contributed by atoms with E-state index in [-0.39, 0.29) is 32.6 Å². The van der Waals surface area contributed by atoms with Gasteiger partial charge in [0.25, 0.3) is 20.0 Å². The van der Waals surface area contributed by atoms with Crippen LogP contribution >= 0.6 is 11.3 Å². The molecule has 5 rings (SSSR count). The molecule has 2 aromatic heterocycles. The number of hydrogen-bond donors (Lipinski definition) is 5. The molecule has 0 saturated carbocycles. The minimum atomic E-state index is -3.79. The largest absolute Gasteiger partial charge is 0.507 e. The zero-order valence-electron chi connectivity index (χ0n) is 22.3. The number of carbonyl (C=O) groups is 1. The van der Waals surface area contributed by atoms with E-state index in [9.17, 15) is 26.7 Å². The van der Waals surface area contributed by atoms with Crippen LogP contribution in [0.4, 0.5) is 28.0 Å². The molecule has 3 aromatic carbocycles. The van der Waals surface area contributed by atoms with E-state index in [1.165, 1.54) is 96.5 Å². The molecule has 2 heterocycles. The van der Waals surface area contributed by atoms with Crippen LogP contribution in [0.3, 0.4) is 0 Å². The van der Waals surface area contributed by atoms with Crippen LogP contribution in [0.5, 0.6) is 5.75 Å². The molecule has 0 atom stereocenters. The summed E-state index contributed by atoms with van der Waals surface area (Å²) in [6.07, 6.45) is 3.01. The topological polar surface area (TPSA) is 226 Å². The van der Waals surface area contributed by atoms with Crippen molar-refractivity contribution >= 4 is 65.4 Å². The van der Waals surface area contributed by atoms with E-state index in [0.717, 1.165) is 0 Å². The second-order valence-electron chi connectivity index (χ2n) is 8.53. The van der Waals surface area contributed by atoms with E-state index in [4.69, 9.17) is 10.8 Å². The lowest BCUT2D eigenvalue weighted by Crippen LogP contribution is -2.13. The maximum Gasteiger partial charge on any atom is 0.339 e. The second-order valence-corrected chi connectivity index (χ2v) is 12.8. The molecule has 17 heteroatoms. The normalized spacial score (nSPS) is 11.4. The summed E-state index contributed by atoms with van der Waals surface area (Å²) in [4.78, 5) is 19.0. The van der Waals surface area contributed by atoms with E-state index in [2.05, 4.69) is 29.6 Å². The lowest BCUT2D eigenvalue weighted by Gasteiger charge is -2.07. The number of aromatic nitrogens is 2. The number of aromatic carboxylic acids is 1. The minimum absolute atomic E-state index is 0.0231. The SMILES string of the molecule is Nc1ccc(S(=O)(=O)Nc2nccs2)cc1.O=C(O)c1cc(/N=N/c2ccc(S(=O)(=O)Nc3ccccn3)cc2)ccc1O. The van der Waals surface area contributed by atoms with Crippen molar-refractivity contribution in [3.8, 4) is 5.75 Å². The first-order valence-corrected chi connectivity index (χ1v) is 16.1. The van der Waals surface area contributed by atoms with Crippen molar-refractivity contribution in [1.82, 2.24) is 9.97 Å². The number of sulfonamides is 2. The Kier molecular flexibility index (Phi) is 9.84.